The molecule has 112 valence electrons. The number of carbonyl (C=O) groups excluding carboxylic acids is 1. The Morgan fingerprint density at radius 3 is 2.82 bits per heavy atom. The molecule has 5 nitrogen and oxygen atoms in total. The molecule has 3 rings (SSSR count). The summed E-state index contributed by atoms with van der Waals surface area (Å²) in [6, 6.07) is 9.53. The van der Waals surface area contributed by atoms with Crippen molar-refractivity contribution in [2.24, 2.45) is 0 Å². The highest BCUT2D eigenvalue weighted by atomic mass is 16.5. The second-order valence-corrected chi connectivity index (χ2v) is 5.48. The van der Waals surface area contributed by atoms with E-state index in [4.69, 9.17) is 4.52 Å². The first kappa shape index (κ1) is 14.3. The first-order chi connectivity index (χ1) is 10.5. The monoisotopic (exact) mass is 295 g/mol. The van der Waals surface area contributed by atoms with Gasteiger partial charge < -0.3 is 9.84 Å². The standard InChI is InChI=1S/C17H17N3O2/c1-10-7-11(2)17-13(8-10)14(20-22-17)9-16(21)19-15-6-4-5-12(3)18-15/h4-8H,9H2,1-3H3,(H,18,19,21). The maximum absolute atomic E-state index is 12.2. The van der Waals surface area contributed by atoms with Crippen LogP contribution in [0.3, 0.4) is 0 Å². The number of benzene rings is 1. The van der Waals surface area contributed by atoms with E-state index in [-0.39, 0.29) is 12.3 Å². The summed E-state index contributed by atoms with van der Waals surface area (Å²) in [5.41, 5.74) is 4.38. The number of hydrogen-bond donors (Lipinski definition) is 1. The zero-order valence-corrected chi connectivity index (χ0v) is 12.8. The van der Waals surface area contributed by atoms with Crippen molar-refractivity contribution in [3.8, 4) is 0 Å². The molecule has 22 heavy (non-hydrogen) atoms. The van der Waals surface area contributed by atoms with E-state index in [0.29, 0.717) is 11.5 Å². The molecule has 3 aromatic rings. The second kappa shape index (κ2) is 5.60. The van der Waals surface area contributed by atoms with Crippen LogP contribution in [0.25, 0.3) is 11.0 Å². The summed E-state index contributed by atoms with van der Waals surface area (Å²) in [5.74, 6) is 0.387. The number of carbonyl (C=O) groups is 1. The number of amides is 1. The Bertz CT molecular complexity index is 852. The molecular formula is C17H17N3O2. The molecule has 1 amide bonds. The predicted octanol–water partition coefficient (Wildman–Crippen LogP) is 3.33. The van der Waals surface area contributed by atoms with Gasteiger partial charge in [0.05, 0.1) is 6.42 Å². The van der Waals surface area contributed by atoms with Gasteiger partial charge in [0.25, 0.3) is 0 Å². The minimum Gasteiger partial charge on any atom is -0.356 e. The maximum atomic E-state index is 12.2. The quantitative estimate of drug-likeness (QED) is 0.804. The summed E-state index contributed by atoms with van der Waals surface area (Å²) in [4.78, 5) is 16.4. The number of anilines is 1. The smallest absolute Gasteiger partial charge is 0.231 e. The third-order valence-electron chi connectivity index (χ3n) is 3.46. The molecule has 0 aliphatic carbocycles. The Labute approximate surface area is 128 Å². The average Bonchev–Trinajstić information content (AvgIpc) is 2.82. The fraction of sp³-hybridized carbons (Fsp3) is 0.235. The molecule has 0 bridgehead atoms. The molecule has 2 heterocycles. The summed E-state index contributed by atoms with van der Waals surface area (Å²) in [7, 11) is 0. The van der Waals surface area contributed by atoms with Crippen molar-refractivity contribution in [3.05, 3.63) is 52.8 Å². The van der Waals surface area contributed by atoms with Gasteiger partial charge in [0.2, 0.25) is 5.91 Å². The average molecular weight is 295 g/mol. The number of rotatable bonds is 3. The van der Waals surface area contributed by atoms with Gasteiger partial charge in [0.1, 0.15) is 11.5 Å². The molecule has 0 fully saturated rings. The van der Waals surface area contributed by atoms with Crippen LogP contribution in [-0.2, 0) is 11.2 Å². The van der Waals surface area contributed by atoms with Gasteiger partial charge in [-0.25, -0.2) is 4.98 Å². The lowest BCUT2D eigenvalue weighted by atomic mass is 10.1. The topological polar surface area (TPSA) is 68.0 Å². The summed E-state index contributed by atoms with van der Waals surface area (Å²) in [6.07, 6.45) is 0.158. The highest BCUT2D eigenvalue weighted by Crippen LogP contribution is 2.24. The van der Waals surface area contributed by atoms with Crippen LogP contribution < -0.4 is 5.32 Å². The van der Waals surface area contributed by atoms with Gasteiger partial charge >= 0.3 is 0 Å². The largest absolute Gasteiger partial charge is 0.356 e. The van der Waals surface area contributed by atoms with E-state index in [2.05, 4.69) is 15.5 Å². The van der Waals surface area contributed by atoms with E-state index < -0.39 is 0 Å². The van der Waals surface area contributed by atoms with Crippen molar-refractivity contribution >= 4 is 22.7 Å². The van der Waals surface area contributed by atoms with Crippen LogP contribution in [0.4, 0.5) is 5.82 Å². The van der Waals surface area contributed by atoms with Gasteiger partial charge in [-0.1, -0.05) is 17.3 Å². The summed E-state index contributed by atoms with van der Waals surface area (Å²) >= 11 is 0. The summed E-state index contributed by atoms with van der Waals surface area (Å²) in [5, 5.41) is 7.72. The number of aromatic nitrogens is 2. The van der Waals surface area contributed by atoms with Crippen molar-refractivity contribution in [2.75, 3.05) is 5.32 Å². The molecule has 0 unspecified atom stereocenters. The van der Waals surface area contributed by atoms with Crippen LogP contribution in [0.1, 0.15) is 22.5 Å². The van der Waals surface area contributed by atoms with Crippen molar-refractivity contribution in [2.45, 2.75) is 27.2 Å². The third kappa shape index (κ3) is 2.83. The van der Waals surface area contributed by atoms with Gasteiger partial charge in [-0.15, -0.1) is 0 Å². The van der Waals surface area contributed by atoms with E-state index in [1.54, 1.807) is 6.07 Å². The molecule has 0 aliphatic heterocycles. The highest BCUT2D eigenvalue weighted by molar-refractivity contribution is 5.94. The van der Waals surface area contributed by atoms with E-state index in [9.17, 15) is 4.79 Å². The molecular weight excluding hydrogens is 278 g/mol. The number of aryl methyl sites for hydroxylation is 3. The SMILES string of the molecule is Cc1cc(C)c2onc(CC(=O)Nc3cccc(C)n3)c2c1. The first-order valence-electron chi connectivity index (χ1n) is 7.12. The fourth-order valence-corrected chi connectivity index (χ4v) is 2.52. The molecule has 5 heteroatoms. The minimum absolute atomic E-state index is 0.158. The summed E-state index contributed by atoms with van der Waals surface area (Å²) in [6.45, 7) is 5.87. The second-order valence-electron chi connectivity index (χ2n) is 5.48. The zero-order chi connectivity index (χ0) is 15.7. The number of nitrogens with zero attached hydrogens (tertiary/aromatic N) is 2. The molecule has 0 saturated carbocycles. The molecule has 0 aliphatic rings. The Morgan fingerprint density at radius 1 is 1.23 bits per heavy atom. The van der Waals surface area contributed by atoms with Crippen molar-refractivity contribution in [1.29, 1.82) is 0 Å². The Hall–Kier alpha value is -2.69. The lowest BCUT2D eigenvalue weighted by molar-refractivity contribution is -0.115. The lowest BCUT2D eigenvalue weighted by Gasteiger charge is -2.04. The Kier molecular flexibility index (Phi) is 3.63. The fourth-order valence-electron chi connectivity index (χ4n) is 2.52. The van der Waals surface area contributed by atoms with Crippen molar-refractivity contribution in [1.82, 2.24) is 10.1 Å². The van der Waals surface area contributed by atoms with E-state index in [1.807, 2.05) is 45.0 Å². The number of hydrogen-bond acceptors (Lipinski definition) is 4. The lowest BCUT2D eigenvalue weighted by Crippen LogP contribution is -2.15. The van der Waals surface area contributed by atoms with Crippen LogP contribution >= 0.6 is 0 Å². The minimum atomic E-state index is -0.160. The van der Waals surface area contributed by atoms with E-state index in [1.165, 1.54) is 0 Å². The van der Waals surface area contributed by atoms with Crippen LogP contribution in [0, 0.1) is 20.8 Å². The van der Waals surface area contributed by atoms with Crippen molar-refractivity contribution in [3.63, 3.8) is 0 Å². The Balaban J connectivity index is 1.82. The van der Waals surface area contributed by atoms with Gasteiger partial charge in [0.15, 0.2) is 5.58 Å². The van der Waals surface area contributed by atoms with Crippen LogP contribution in [0.2, 0.25) is 0 Å². The summed E-state index contributed by atoms with van der Waals surface area (Å²) < 4.78 is 5.36. The maximum Gasteiger partial charge on any atom is 0.231 e. The molecule has 0 spiro atoms. The van der Waals surface area contributed by atoms with Gasteiger partial charge in [-0.05, 0) is 50.1 Å². The number of pyridine rings is 1. The van der Waals surface area contributed by atoms with Crippen molar-refractivity contribution < 1.29 is 9.32 Å². The van der Waals surface area contributed by atoms with Gasteiger partial charge in [-0.2, -0.15) is 0 Å². The zero-order valence-electron chi connectivity index (χ0n) is 12.8. The number of nitrogens with one attached hydrogen (secondary N) is 1. The van der Waals surface area contributed by atoms with Crippen LogP contribution in [-0.4, -0.2) is 16.0 Å². The van der Waals surface area contributed by atoms with Gasteiger partial charge in [-0.3, -0.25) is 4.79 Å². The molecule has 1 aromatic carbocycles. The third-order valence-corrected chi connectivity index (χ3v) is 3.46. The Morgan fingerprint density at radius 2 is 2.05 bits per heavy atom. The van der Waals surface area contributed by atoms with E-state index >= 15 is 0 Å². The molecule has 1 N–H and O–H groups in total. The normalized spacial score (nSPS) is 10.9. The van der Waals surface area contributed by atoms with E-state index in [0.717, 1.165) is 27.8 Å². The van der Waals surface area contributed by atoms with Gasteiger partial charge in [0, 0.05) is 11.1 Å². The molecule has 0 atom stereocenters. The first-order valence-corrected chi connectivity index (χ1v) is 7.12. The number of fused-ring (bicyclic) bond motifs is 1. The molecule has 2 aromatic heterocycles. The molecule has 0 radical (unpaired) electrons. The molecule has 0 saturated heterocycles. The predicted molar refractivity (Wildman–Crippen MR) is 84.8 cm³/mol. The van der Waals surface area contributed by atoms with Crippen LogP contribution in [0.5, 0.6) is 0 Å². The van der Waals surface area contributed by atoms with Crippen LogP contribution in [0.15, 0.2) is 34.9 Å². The highest BCUT2D eigenvalue weighted by Gasteiger charge is 2.14.